The first-order valence-electron chi connectivity index (χ1n) is 6.88. The number of anilines is 2. The lowest BCUT2D eigenvalue weighted by molar-refractivity contribution is 0.102. The van der Waals surface area contributed by atoms with E-state index in [1.807, 2.05) is 6.07 Å². The number of hydrogen-bond donors (Lipinski definition) is 2. The van der Waals surface area contributed by atoms with Crippen molar-refractivity contribution in [2.24, 2.45) is 0 Å². The van der Waals surface area contributed by atoms with Crippen LogP contribution in [0.4, 0.5) is 24.5 Å². The van der Waals surface area contributed by atoms with Gasteiger partial charge in [0.25, 0.3) is 5.91 Å². The summed E-state index contributed by atoms with van der Waals surface area (Å²) in [5.74, 6) is -5.28. The Hall–Kier alpha value is -2.50. The fourth-order valence-corrected chi connectivity index (χ4v) is 2.45. The molecule has 0 aliphatic carbocycles. The van der Waals surface area contributed by atoms with E-state index in [1.165, 1.54) is 0 Å². The second-order valence-corrected chi connectivity index (χ2v) is 5.08. The van der Waals surface area contributed by atoms with Gasteiger partial charge >= 0.3 is 0 Å². The maximum atomic E-state index is 13.6. The molecule has 0 saturated heterocycles. The lowest BCUT2D eigenvalue weighted by Crippen LogP contribution is -2.16. The van der Waals surface area contributed by atoms with Crippen LogP contribution >= 0.6 is 0 Å². The SMILES string of the molecule is O=C(Nc1ccc2c(c1)CCCN2)c1ccc(F)c(F)c1F. The van der Waals surface area contributed by atoms with Gasteiger partial charge in [-0.2, -0.15) is 0 Å². The van der Waals surface area contributed by atoms with E-state index in [0.717, 1.165) is 42.8 Å². The van der Waals surface area contributed by atoms with Crippen LogP contribution in [0.2, 0.25) is 0 Å². The number of halogens is 3. The minimum absolute atomic E-state index is 0.483. The normalized spacial score (nSPS) is 13.2. The van der Waals surface area contributed by atoms with Crippen LogP contribution in [0.1, 0.15) is 22.3 Å². The highest BCUT2D eigenvalue weighted by molar-refractivity contribution is 6.04. The zero-order valence-corrected chi connectivity index (χ0v) is 11.6. The minimum Gasteiger partial charge on any atom is -0.385 e. The van der Waals surface area contributed by atoms with Crippen molar-refractivity contribution < 1.29 is 18.0 Å². The van der Waals surface area contributed by atoms with Crippen LogP contribution in [0.25, 0.3) is 0 Å². The maximum absolute atomic E-state index is 13.6. The Labute approximate surface area is 125 Å². The highest BCUT2D eigenvalue weighted by Gasteiger charge is 2.19. The highest BCUT2D eigenvalue weighted by Crippen LogP contribution is 2.25. The summed E-state index contributed by atoms with van der Waals surface area (Å²) < 4.78 is 39.7. The first kappa shape index (κ1) is 14.4. The first-order valence-corrected chi connectivity index (χ1v) is 6.88. The molecule has 1 aliphatic heterocycles. The Morgan fingerprint density at radius 3 is 2.73 bits per heavy atom. The smallest absolute Gasteiger partial charge is 0.258 e. The van der Waals surface area contributed by atoms with E-state index in [9.17, 15) is 18.0 Å². The summed E-state index contributed by atoms with van der Waals surface area (Å²) in [7, 11) is 0. The molecule has 0 spiro atoms. The van der Waals surface area contributed by atoms with Gasteiger partial charge < -0.3 is 10.6 Å². The Morgan fingerprint density at radius 1 is 1.09 bits per heavy atom. The molecule has 2 N–H and O–H groups in total. The van der Waals surface area contributed by atoms with Gasteiger partial charge in [0.05, 0.1) is 5.56 Å². The van der Waals surface area contributed by atoms with Gasteiger partial charge in [-0.1, -0.05) is 0 Å². The highest BCUT2D eigenvalue weighted by atomic mass is 19.2. The fourth-order valence-electron chi connectivity index (χ4n) is 2.45. The van der Waals surface area contributed by atoms with Crippen molar-refractivity contribution in [3.63, 3.8) is 0 Å². The van der Waals surface area contributed by atoms with Crippen molar-refractivity contribution in [1.29, 1.82) is 0 Å². The third-order valence-electron chi connectivity index (χ3n) is 3.58. The van der Waals surface area contributed by atoms with E-state index >= 15 is 0 Å². The number of carbonyl (C=O) groups is 1. The maximum Gasteiger partial charge on any atom is 0.258 e. The van der Waals surface area contributed by atoms with Crippen molar-refractivity contribution in [1.82, 2.24) is 0 Å². The Morgan fingerprint density at radius 2 is 1.91 bits per heavy atom. The predicted octanol–water partition coefficient (Wildman–Crippen LogP) is 3.71. The number of benzene rings is 2. The molecule has 1 heterocycles. The van der Waals surface area contributed by atoms with E-state index in [4.69, 9.17) is 0 Å². The molecule has 3 rings (SSSR count). The number of fused-ring (bicyclic) bond motifs is 1. The van der Waals surface area contributed by atoms with Crippen molar-refractivity contribution >= 4 is 17.3 Å². The lowest BCUT2D eigenvalue weighted by Gasteiger charge is -2.18. The van der Waals surface area contributed by atoms with Crippen molar-refractivity contribution in [2.45, 2.75) is 12.8 Å². The van der Waals surface area contributed by atoms with Crippen LogP contribution in [0.5, 0.6) is 0 Å². The predicted molar refractivity (Wildman–Crippen MR) is 77.5 cm³/mol. The largest absolute Gasteiger partial charge is 0.385 e. The molecular weight excluding hydrogens is 293 g/mol. The van der Waals surface area contributed by atoms with Crippen molar-refractivity contribution in [2.75, 3.05) is 17.2 Å². The van der Waals surface area contributed by atoms with Gasteiger partial charge in [0.1, 0.15) is 0 Å². The molecule has 114 valence electrons. The molecule has 0 unspecified atom stereocenters. The summed E-state index contributed by atoms with van der Waals surface area (Å²) in [6.45, 7) is 0.902. The second kappa shape index (κ2) is 5.71. The molecule has 0 radical (unpaired) electrons. The second-order valence-electron chi connectivity index (χ2n) is 5.08. The van der Waals surface area contributed by atoms with Crippen LogP contribution in [-0.2, 0) is 6.42 Å². The average molecular weight is 306 g/mol. The number of aryl methyl sites for hydroxylation is 1. The van der Waals surface area contributed by atoms with Gasteiger partial charge in [0, 0.05) is 17.9 Å². The molecule has 0 bridgehead atoms. The average Bonchev–Trinajstić information content (AvgIpc) is 2.52. The quantitative estimate of drug-likeness (QED) is 0.830. The fraction of sp³-hybridized carbons (Fsp3) is 0.188. The van der Waals surface area contributed by atoms with Gasteiger partial charge in [0.2, 0.25) is 0 Å². The van der Waals surface area contributed by atoms with E-state index in [1.54, 1.807) is 12.1 Å². The topological polar surface area (TPSA) is 41.1 Å². The molecule has 2 aromatic rings. The number of nitrogens with one attached hydrogen (secondary N) is 2. The third kappa shape index (κ3) is 2.64. The summed E-state index contributed by atoms with van der Waals surface area (Å²) in [6, 6.07) is 6.93. The monoisotopic (exact) mass is 306 g/mol. The number of amides is 1. The molecule has 6 heteroatoms. The molecular formula is C16H13F3N2O. The van der Waals surface area contributed by atoms with Gasteiger partial charge in [-0.25, -0.2) is 13.2 Å². The third-order valence-corrected chi connectivity index (χ3v) is 3.58. The van der Waals surface area contributed by atoms with E-state index in [2.05, 4.69) is 10.6 Å². The van der Waals surface area contributed by atoms with E-state index in [-0.39, 0.29) is 0 Å². The van der Waals surface area contributed by atoms with Crippen LogP contribution in [0.3, 0.4) is 0 Å². The van der Waals surface area contributed by atoms with Gasteiger partial charge in [-0.05, 0) is 48.7 Å². The molecule has 0 aromatic heterocycles. The minimum atomic E-state index is -1.65. The zero-order chi connectivity index (χ0) is 15.7. The van der Waals surface area contributed by atoms with Gasteiger partial charge in [-0.3, -0.25) is 4.79 Å². The summed E-state index contributed by atoms with van der Waals surface area (Å²) in [4.78, 5) is 12.0. The Balaban J connectivity index is 1.84. The number of carbonyl (C=O) groups excluding carboxylic acids is 1. The Kier molecular flexibility index (Phi) is 3.75. The number of rotatable bonds is 2. The summed E-state index contributed by atoms with van der Waals surface area (Å²) in [6.07, 6.45) is 1.87. The Bertz CT molecular complexity index is 746. The van der Waals surface area contributed by atoms with Crippen molar-refractivity contribution in [3.05, 3.63) is 58.9 Å². The summed E-state index contributed by atoms with van der Waals surface area (Å²) in [5, 5.41) is 5.73. The van der Waals surface area contributed by atoms with Crippen molar-refractivity contribution in [3.8, 4) is 0 Å². The van der Waals surface area contributed by atoms with Crippen LogP contribution in [0.15, 0.2) is 30.3 Å². The van der Waals surface area contributed by atoms with E-state index in [0.29, 0.717) is 5.69 Å². The van der Waals surface area contributed by atoms with Crippen LogP contribution < -0.4 is 10.6 Å². The molecule has 1 aliphatic rings. The van der Waals surface area contributed by atoms with Crippen LogP contribution in [-0.4, -0.2) is 12.5 Å². The molecule has 0 fully saturated rings. The molecule has 0 saturated carbocycles. The van der Waals surface area contributed by atoms with Crippen LogP contribution in [0, 0.1) is 17.5 Å². The zero-order valence-electron chi connectivity index (χ0n) is 11.6. The number of hydrogen-bond acceptors (Lipinski definition) is 2. The van der Waals surface area contributed by atoms with Gasteiger partial charge in [-0.15, -0.1) is 0 Å². The molecule has 2 aromatic carbocycles. The van der Waals surface area contributed by atoms with Gasteiger partial charge in [0.15, 0.2) is 17.5 Å². The summed E-state index contributed by atoms with van der Waals surface area (Å²) in [5.41, 5.74) is 2.00. The van der Waals surface area contributed by atoms with E-state index < -0.39 is 28.9 Å². The first-order chi connectivity index (χ1) is 10.6. The molecule has 1 amide bonds. The molecule has 3 nitrogen and oxygen atoms in total. The molecule has 0 atom stereocenters. The summed E-state index contributed by atoms with van der Waals surface area (Å²) >= 11 is 0. The lowest BCUT2D eigenvalue weighted by atomic mass is 10.0. The standard InChI is InChI=1S/C16H13F3N2O/c17-12-5-4-11(14(18)15(12)19)16(22)21-10-3-6-13-9(8-10)2-1-7-20-13/h3-6,8,20H,1-2,7H2,(H,21,22). The molecule has 22 heavy (non-hydrogen) atoms.